The third-order valence-electron chi connectivity index (χ3n) is 6.96. The lowest BCUT2D eigenvalue weighted by Gasteiger charge is -2.36. The molecule has 0 amide bonds. The van der Waals surface area contributed by atoms with Gasteiger partial charge >= 0.3 is 0 Å². The normalized spacial score (nSPS) is 17.1. The summed E-state index contributed by atoms with van der Waals surface area (Å²) in [7, 11) is 0. The van der Waals surface area contributed by atoms with Gasteiger partial charge in [0.2, 0.25) is 0 Å². The molecule has 5 rings (SSSR count). The highest BCUT2D eigenvalue weighted by Crippen LogP contribution is 2.39. The molecular weight excluding hydrogens is 374 g/mol. The molecule has 1 aliphatic heterocycles. The minimum atomic E-state index is 0.629. The Hall–Kier alpha value is -2.90. The Morgan fingerprint density at radius 1 is 0.710 bits per heavy atom. The average Bonchev–Trinajstić information content (AvgIpc) is 3.00. The van der Waals surface area contributed by atoms with Gasteiger partial charge in [-0.1, -0.05) is 104 Å². The Morgan fingerprint density at radius 2 is 1.26 bits per heavy atom. The van der Waals surface area contributed by atoms with Crippen molar-refractivity contribution < 1.29 is 0 Å². The van der Waals surface area contributed by atoms with Crippen molar-refractivity contribution in [3.8, 4) is 0 Å². The largest absolute Gasteiger partial charge is 0.299 e. The lowest BCUT2D eigenvalue weighted by molar-refractivity contribution is 0.177. The standard InChI is InChI=1S/C30H31N/c1-2-27(22-23-10-4-3-5-11-23)31-20-18-26(19-21-31)30-28-14-8-6-12-24(28)16-17-25-13-7-9-15-29(25)30/h3-17,27H,2,18-22H2,1H3. The molecule has 0 spiro atoms. The molecule has 3 aromatic rings. The molecule has 0 saturated carbocycles. The Labute approximate surface area is 186 Å². The van der Waals surface area contributed by atoms with E-state index in [-0.39, 0.29) is 0 Å². The molecule has 0 radical (unpaired) electrons. The SMILES string of the molecule is CCC(Cc1ccccc1)N1CCC(=C2c3ccccc3C=Cc3ccccc32)CC1. The summed E-state index contributed by atoms with van der Waals surface area (Å²) in [5, 5.41) is 0. The van der Waals surface area contributed by atoms with Crippen LogP contribution in [0.3, 0.4) is 0 Å². The molecule has 1 saturated heterocycles. The van der Waals surface area contributed by atoms with Crippen molar-refractivity contribution in [1.29, 1.82) is 0 Å². The van der Waals surface area contributed by atoms with E-state index in [9.17, 15) is 0 Å². The van der Waals surface area contributed by atoms with Crippen molar-refractivity contribution in [2.45, 2.75) is 38.6 Å². The lowest BCUT2D eigenvalue weighted by atomic mass is 9.85. The smallest absolute Gasteiger partial charge is 0.0133 e. The Morgan fingerprint density at radius 3 is 1.84 bits per heavy atom. The molecule has 0 N–H and O–H groups in total. The molecule has 1 heteroatoms. The highest BCUT2D eigenvalue weighted by molar-refractivity contribution is 5.94. The minimum Gasteiger partial charge on any atom is -0.299 e. The summed E-state index contributed by atoms with van der Waals surface area (Å²) >= 11 is 0. The third-order valence-corrected chi connectivity index (χ3v) is 6.96. The molecule has 2 aliphatic rings. The van der Waals surface area contributed by atoms with Crippen LogP contribution in [-0.4, -0.2) is 24.0 Å². The number of nitrogens with zero attached hydrogens (tertiary/aromatic N) is 1. The van der Waals surface area contributed by atoms with Crippen LogP contribution in [0.15, 0.2) is 84.4 Å². The van der Waals surface area contributed by atoms with Gasteiger partial charge in [-0.2, -0.15) is 0 Å². The second-order valence-electron chi connectivity index (χ2n) is 8.77. The van der Waals surface area contributed by atoms with Gasteiger partial charge in [-0.3, -0.25) is 4.90 Å². The predicted molar refractivity (Wildman–Crippen MR) is 133 cm³/mol. The summed E-state index contributed by atoms with van der Waals surface area (Å²) in [6.07, 6.45) is 9.23. The molecule has 0 bridgehead atoms. The van der Waals surface area contributed by atoms with Crippen LogP contribution in [0.5, 0.6) is 0 Å². The van der Waals surface area contributed by atoms with Gasteiger partial charge in [-0.05, 0) is 59.1 Å². The van der Waals surface area contributed by atoms with Crippen molar-refractivity contribution in [3.63, 3.8) is 0 Å². The number of fused-ring (bicyclic) bond motifs is 2. The molecule has 0 aromatic heterocycles. The van der Waals surface area contributed by atoms with Crippen molar-refractivity contribution in [1.82, 2.24) is 4.90 Å². The first kappa shape index (κ1) is 20.0. The van der Waals surface area contributed by atoms with E-state index in [1.54, 1.807) is 5.57 Å². The van der Waals surface area contributed by atoms with Crippen LogP contribution in [0.1, 0.15) is 54.0 Å². The summed E-state index contributed by atoms with van der Waals surface area (Å²) in [5.74, 6) is 0. The van der Waals surface area contributed by atoms with E-state index < -0.39 is 0 Å². The van der Waals surface area contributed by atoms with Gasteiger partial charge in [0, 0.05) is 19.1 Å². The zero-order chi connectivity index (χ0) is 21.0. The van der Waals surface area contributed by atoms with E-state index in [0.717, 1.165) is 32.4 Å². The first-order valence-corrected chi connectivity index (χ1v) is 11.7. The molecule has 1 unspecified atom stereocenters. The second-order valence-corrected chi connectivity index (χ2v) is 8.77. The Bertz CT molecular complexity index is 1040. The van der Waals surface area contributed by atoms with Gasteiger partial charge < -0.3 is 0 Å². The number of hydrogen-bond acceptors (Lipinski definition) is 1. The number of likely N-dealkylation sites (tertiary alicyclic amines) is 1. The molecule has 1 nitrogen and oxygen atoms in total. The number of hydrogen-bond donors (Lipinski definition) is 0. The van der Waals surface area contributed by atoms with Gasteiger partial charge in [0.1, 0.15) is 0 Å². The van der Waals surface area contributed by atoms with Crippen LogP contribution in [0.25, 0.3) is 17.7 Å². The summed E-state index contributed by atoms with van der Waals surface area (Å²) in [5.41, 5.74) is 10.0. The van der Waals surface area contributed by atoms with E-state index in [4.69, 9.17) is 0 Å². The van der Waals surface area contributed by atoms with Crippen molar-refractivity contribution in [2.75, 3.05) is 13.1 Å². The predicted octanol–water partition coefficient (Wildman–Crippen LogP) is 7.09. The second kappa shape index (κ2) is 9.08. The summed E-state index contributed by atoms with van der Waals surface area (Å²) in [6, 6.07) is 29.4. The number of rotatable bonds is 4. The van der Waals surface area contributed by atoms with E-state index in [0.29, 0.717) is 6.04 Å². The molecule has 1 aliphatic carbocycles. The van der Waals surface area contributed by atoms with E-state index in [1.165, 1.54) is 39.8 Å². The molecule has 1 atom stereocenters. The van der Waals surface area contributed by atoms with Gasteiger partial charge in [-0.25, -0.2) is 0 Å². The molecular formula is C30H31N. The highest BCUT2D eigenvalue weighted by atomic mass is 15.2. The Balaban J connectivity index is 1.44. The molecule has 3 aromatic carbocycles. The van der Waals surface area contributed by atoms with E-state index in [1.807, 2.05) is 0 Å². The van der Waals surface area contributed by atoms with Crippen LogP contribution >= 0.6 is 0 Å². The summed E-state index contributed by atoms with van der Waals surface area (Å²) in [4.78, 5) is 2.73. The van der Waals surface area contributed by atoms with Crippen LogP contribution in [-0.2, 0) is 6.42 Å². The quantitative estimate of drug-likeness (QED) is 0.350. The van der Waals surface area contributed by atoms with Crippen molar-refractivity contribution in [3.05, 3.63) is 112 Å². The monoisotopic (exact) mass is 405 g/mol. The van der Waals surface area contributed by atoms with Crippen LogP contribution < -0.4 is 0 Å². The maximum Gasteiger partial charge on any atom is 0.0133 e. The molecule has 1 fully saturated rings. The third kappa shape index (κ3) is 4.16. The molecule has 31 heavy (non-hydrogen) atoms. The van der Waals surface area contributed by atoms with Gasteiger partial charge in [0.05, 0.1) is 0 Å². The fraction of sp³-hybridized carbons (Fsp3) is 0.267. The van der Waals surface area contributed by atoms with Gasteiger partial charge in [0.25, 0.3) is 0 Å². The fourth-order valence-corrected chi connectivity index (χ4v) is 5.27. The van der Waals surface area contributed by atoms with Gasteiger partial charge in [-0.15, -0.1) is 0 Å². The number of benzene rings is 3. The zero-order valence-corrected chi connectivity index (χ0v) is 18.4. The first-order valence-electron chi connectivity index (χ1n) is 11.7. The maximum atomic E-state index is 2.73. The lowest BCUT2D eigenvalue weighted by Crippen LogP contribution is -2.40. The topological polar surface area (TPSA) is 3.24 Å². The first-order chi connectivity index (χ1) is 15.3. The fourth-order valence-electron chi connectivity index (χ4n) is 5.27. The van der Waals surface area contributed by atoms with Crippen LogP contribution in [0.4, 0.5) is 0 Å². The van der Waals surface area contributed by atoms with Gasteiger partial charge in [0.15, 0.2) is 0 Å². The molecule has 156 valence electrons. The van der Waals surface area contributed by atoms with E-state index >= 15 is 0 Å². The number of piperidine rings is 1. The summed E-state index contributed by atoms with van der Waals surface area (Å²) < 4.78 is 0. The van der Waals surface area contributed by atoms with Crippen LogP contribution in [0.2, 0.25) is 0 Å². The van der Waals surface area contributed by atoms with Crippen molar-refractivity contribution in [2.24, 2.45) is 0 Å². The summed E-state index contributed by atoms with van der Waals surface area (Å²) in [6.45, 7) is 4.65. The molecule has 1 heterocycles. The Kier molecular flexibility index (Phi) is 5.86. The van der Waals surface area contributed by atoms with Crippen LogP contribution in [0, 0.1) is 0 Å². The average molecular weight is 406 g/mol. The minimum absolute atomic E-state index is 0.629. The maximum absolute atomic E-state index is 2.73. The highest BCUT2D eigenvalue weighted by Gasteiger charge is 2.25. The van der Waals surface area contributed by atoms with E-state index in [2.05, 4.69) is 103 Å². The van der Waals surface area contributed by atoms with Crippen molar-refractivity contribution >= 4 is 17.7 Å². The zero-order valence-electron chi connectivity index (χ0n) is 18.4.